The van der Waals surface area contributed by atoms with E-state index in [9.17, 15) is 35.1 Å². The van der Waals surface area contributed by atoms with E-state index in [1.807, 2.05) is 6.08 Å². The summed E-state index contributed by atoms with van der Waals surface area (Å²) in [4.78, 5) is 26.6. The molecule has 474 valence electrons. The lowest BCUT2D eigenvalue weighted by Gasteiger charge is -2.41. The molecule has 0 bridgehead atoms. The van der Waals surface area contributed by atoms with Gasteiger partial charge >= 0.3 is 5.97 Å². The molecule has 1 fully saturated rings. The summed E-state index contributed by atoms with van der Waals surface area (Å²) in [6, 6.07) is -1.02. The van der Waals surface area contributed by atoms with Gasteiger partial charge in [-0.25, -0.2) is 0 Å². The van der Waals surface area contributed by atoms with Crippen molar-refractivity contribution in [2.45, 2.75) is 372 Å². The van der Waals surface area contributed by atoms with E-state index in [2.05, 4.69) is 62.5 Å². The molecule has 11 nitrogen and oxygen atoms in total. The molecular formula is C70H129NO10. The van der Waals surface area contributed by atoms with Crippen LogP contribution in [0, 0.1) is 0 Å². The average molecular weight is 1140 g/mol. The van der Waals surface area contributed by atoms with Crippen LogP contribution in [0.5, 0.6) is 0 Å². The van der Waals surface area contributed by atoms with Gasteiger partial charge in [-0.3, -0.25) is 9.59 Å². The number of esters is 1. The maximum Gasteiger partial charge on any atom is 0.306 e. The van der Waals surface area contributed by atoms with E-state index in [1.165, 1.54) is 205 Å². The van der Waals surface area contributed by atoms with Gasteiger partial charge in [0, 0.05) is 6.42 Å². The lowest BCUT2D eigenvalue weighted by molar-refractivity contribution is -0.305. The average Bonchev–Trinajstić information content (AvgIpc) is 3.50. The number of aliphatic hydroxyl groups excluding tert-OH is 5. The monoisotopic (exact) mass is 1140 g/mol. The highest BCUT2D eigenvalue weighted by atomic mass is 16.7. The van der Waals surface area contributed by atoms with Crippen LogP contribution in [0.2, 0.25) is 0 Å². The zero-order valence-electron chi connectivity index (χ0n) is 52.7. The van der Waals surface area contributed by atoms with Crippen LogP contribution in [0.4, 0.5) is 0 Å². The minimum absolute atomic E-state index is 0.120. The predicted molar refractivity (Wildman–Crippen MR) is 338 cm³/mol. The Bertz CT molecular complexity index is 1500. The Morgan fingerprint density at radius 3 is 1.30 bits per heavy atom. The molecule has 8 unspecified atom stereocenters. The Labute approximate surface area is 497 Å². The number of unbranched alkanes of at least 4 members (excludes halogenated alkanes) is 39. The molecule has 0 saturated carbocycles. The zero-order valence-corrected chi connectivity index (χ0v) is 52.7. The molecule has 1 aliphatic rings. The summed E-state index contributed by atoms with van der Waals surface area (Å²) in [5.74, 6) is -1.19. The first-order valence-corrected chi connectivity index (χ1v) is 34.4. The molecule has 0 aromatic heterocycles. The van der Waals surface area contributed by atoms with E-state index in [4.69, 9.17) is 14.2 Å². The van der Waals surface area contributed by atoms with Crippen LogP contribution < -0.4 is 5.32 Å². The van der Waals surface area contributed by atoms with Crippen molar-refractivity contribution in [2.24, 2.45) is 0 Å². The van der Waals surface area contributed by atoms with Crippen LogP contribution in [-0.2, 0) is 23.8 Å². The molecule has 11 heteroatoms. The minimum atomic E-state index is -1.61. The van der Waals surface area contributed by atoms with Gasteiger partial charge in [-0.1, -0.05) is 281 Å². The van der Waals surface area contributed by atoms with Crippen LogP contribution in [0.3, 0.4) is 0 Å². The number of ether oxygens (including phenoxy) is 3. The number of nitrogens with one attached hydrogen (secondary N) is 1. The van der Waals surface area contributed by atoms with E-state index in [1.54, 1.807) is 6.08 Å². The SMILES string of the molecule is CCCCC/C=C\C/C=C\CCCCCCCCCCCC(=O)OC1C(OCC(NC(=O)C(O)CCCCCCCCCCCCCC/C=C/CCCCCCCC)C(O)/C=C/CCCCCCCCCCC)OC(CO)C(O)C1O. The van der Waals surface area contributed by atoms with Gasteiger partial charge in [0.25, 0.3) is 0 Å². The van der Waals surface area contributed by atoms with Crippen molar-refractivity contribution in [3.05, 3.63) is 48.6 Å². The number of carbonyl (C=O) groups is 2. The fraction of sp³-hybridized carbons (Fsp3) is 0.857. The molecule has 8 atom stereocenters. The molecule has 1 aliphatic heterocycles. The molecular weight excluding hydrogens is 1010 g/mol. The summed E-state index contributed by atoms with van der Waals surface area (Å²) >= 11 is 0. The summed E-state index contributed by atoms with van der Waals surface area (Å²) < 4.78 is 17.7. The van der Waals surface area contributed by atoms with Gasteiger partial charge in [0.1, 0.15) is 24.4 Å². The van der Waals surface area contributed by atoms with E-state index in [0.29, 0.717) is 19.3 Å². The fourth-order valence-electron chi connectivity index (χ4n) is 10.7. The first kappa shape index (κ1) is 76.6. The van der Waals surface area contributed by atoms with Crippen molar-refractivity contribution in [3.8, 4) is 0 Å². The van der Waals surface area contributed by atoms with Crippen molar-refractivity contribution in [1.82, 2.24) is 5.32 Å². The van der Waals surface area contributed by atoms with Crippen LogP contribution in [0.15, 0.2) is 48.6 Å². The first-order valence-electron chi connectivity index (χ1n) is 34.4. The van der Waals surface area contributed by atoms with Crippen molar-refractivity contribution < 1.29 is 49.3 Å². The van der Waals surface area contributed by atoms with E-state index in [-0.39, 0.29) is 13.0 Å². The van der Waals surface area contributed by atoms with Gasteiger partial charge in [0.05, 0.1) is 25.4 Å². The summed E-state index contributed by atoms with van der Waals surface area (Å²) in [6.07, 6.45) is 61.5. The zero-order chi connectivity index (χ0) is 58.9. The van der Waals surface area contributed by atoms with Gasteiger partial charge < -0.3 is 45.1 Å². The summed E-state index contributed by atoms with van der Waals surface area (Å²) in [7, 11) is 0. The maximum absolute atomic E-state index is 13.5. The number of hydrogen-bond acceptors (Lipinski definition) is 10. The van der Waals surface area contributed by atoms with Gasteiger partial charge in [0.2, 0.25) is 5.91 Å². The van der Waals surface area contributed by atoms with E-state index < -0.39 is 67.4 Å². The Hall–Kier alpha value is -2.38. The molecule has 1 rings (SSSR count). The molecule has 6 N–H and O–H groups in total. The Balaban J connectivity index is 2.58. The molecule has 0 radical (unpaired) electrons. The molecule has 81 heavy (non-hydrogen) atoms. The smallest absolute Gasteiger partial charge is 0.306 e. The summed E-state index contributed by atoms with van der Waals surface area (Å²) in [6.45, 7) is 5.79. The topological polar surface area (TPSA) is 175 Å². The van der Waals surface area contributed by atoms with E-state index >= 15 is 0 Å². The molecule has 1 heterocycles. The normalized spacial score (nSPS) is 18.9. The largest absolute Gasteiger partial charge is 0.454 e. The fourth-order valence-corrected chi connectivity index (χ4v) is 10.7. The molecule has 0 spiro atoms. The number of amides is 1. The molecule has 0 aromatic carbocycles. The van der Waals surface area contributed by atoms with Gasteiger partial charge in [-0.15, -0.1) is 0 Å². The lowest BCUT2D eigenvalue weighted by atomic mass is 9.99. The first-order chi connectivity index (χ1) is 39.7. The highest BCUT2D eigenvalue weighted by molar-refractivity contribution is 5.80. The van der Waals surface area contributed by atoms with E-state index in [0.717, 1.165) is 70.6 Å². The second-order valence-electron chi connectivity index (χ2n) is 23.9. The Kier molecular flexibility index (Phi) is 54.9. The summed E-state index contributed by atoms with van der Waals surface area (Å²) in [5, 5.41) is 57.1. The number of carbonyl (C=O) groups excluding carboxylic acids is 2. The maximum atomic E-state index is 13.5. The van der Waals surface area contributed by atoms with Crippen molar-refractivity contribution in [3.63, 3.8) is 0 Å². The number of hydrogen-bond donors (Lipinski definition) is 6. The van der Waals surface area contributed by atoms with Crippen molar-refractivity contribution in [1.29, 1.82) is 0 Å². The van der Waals surface area contributed by atoms with Crippen LogP contribution >= 0.6 is 0 Å². The molecule has 1 amide bonds. The Morgan fingerprint density at radius 2 is 0.852 bits per heavy atom. The molecule has 0 aromatic rings. The standard InChI is InChI=1S/C70H129NO10/c1-4-7-10-13-16-19-22-24-26-28-30-31-32-34-35-37-39-42-45-48-51-54-57-63(74)69(78)71-61(62(73)56-53-50-47-44-41-21-18-15-12-9-6-3)60-79-70-68(67(77)66(76)64(59-72)80-70)81-65(75)58-55-52-49-46-43-40-38-36-33-29-27-25-23-20-17-14-11-8-5-2/h17,20,24-27,53,56,61-64,66-68,70,72-74,76-77H,4-16,18-19,21-23,28-52,54-55,57-60H2,1-3H3,(H,71,78)/b20-17-,26-24+,27-25-,56-53+. The third-order valence-electron chi connectivity index (χ3n) is 16.2. The highest BCUT2D eigenvalue weighted by Crippen LogP contribution is 2.26. The lowest BCUT2D eigenvalue weighted by Crippen LogP contribution is -2.61. The van der Waals surface area contributed by atoms with Crippen LogP contribution in [0.1, 0.15) is 323 Å². The second kappa shape index (κ2) is 58.0. The molecule has 1 saturated heterocycles. The quantitative estimate of drug-likeness (QED) is 0.0195. The number of aliphatic hydroxyl groups is 5. The van der Waals surface area contributed by atoms with Crippen molar-refractivity contribution in [2.75, 3.05) is 13.2 Å². The minimum Gasteiger partial charge on any atom is -0.454 e. The number of allylic oxidation sites excluding steroid dienone is 7. The van der Waals surface area contributed by atoms with Gasteiger partial charge in [0.15, 0.2) is 12.4 Å². The second-order valence-corrected chi connectivity index (χ2v) is 23.9. The molecule has 0 aliphatic carbocycles. The third kappa shape index (κ3) is 45.6. The Morgan fingerprint density at radius 1 is 0.481 bits per heavy atom. The van der Waals surface area contributed by atoms with Gasteiger partial charge in [-0.05, 0) is 83.5 Å². The summed E-state index contributed by atoms with van der Waals surface area (Å²) in [5.41, 5.74) is 0. The van der Waals surface area contributed by atoms with Crippen molar-refractivity contribution >= 4 is 11.9 Å². The van der Waals surface area contributed by atoms with Gasteiger partial charge in [-0.2, -0.15) is 0 Å². The highest BCUT2D eigenvalue weighted by Gasteiger charge is 2.47. The van der Waals surface area contributed by atoms with Crippen LogP contribution in [0.25, 0.3) is 0 Å². The predicted octanol–water partition coefficient (Wildman–Crippen LogP) is 17.2. The third-order valence-corrected chi connectivity index (χ3v) is 16.2. The number of rotatable bonds is 59. The van der Waals surface area contributed by atoms with Crippen LogP contribution in [-0.4, -0.2) is 99.6 Å².